The van der Waals surface area contributed by atoms with Crippen LogP contribution >= 0.6 is 15.9 Å². The zero-order chi connectivity index (χ0) is 17.9. The lowest BCUT2D eigenvalue weighted by atomic mass is 10.1. The van der Waals surface area contributed by atoms with Crippen LogP contribution in [0.5, 0.6) is 0 Å². The fourth-order valence-corrected chi connectivity index (χ4v) is 3.87. The number of amides is 1. The first-order valence-corrected chi connectivity index (χ1v) is 9.51. The first kappa shape index (κ1) is 18.6. The van der Waals surface area contributed by atoms with Gasteiger partial charge in [0.2, 0.25) is 10.0 Å². The quantitative estimate of drug-likeness (QED) is 0.823. The first-order chi connectivity index (χ1) is 11.2. The Labute approximate surface area is 150 Å². The third-order valence-electron chi connectivity index (χ3n) is 3.53. The van der Waals surface area contributed by atoms with Crippen molar-refractivity contribution < 1.29 is 13.2 Å². The smallest absolute Gasteiger partial charge is 0.251 e. The summed E-state index contributed by atoms with van der Waals surface area (Å²) < 4.78 is 26.1. The second-order valence-electron chi connectivity index (χ2n) is 5.60. The second-order valence-corrected chi connectivity index (χ2v) is 8.58. The van der Waals surface area contributed by atoms with Crippen LogP contribution in [0.3, 0.4) is 0 Å². The van der Waals surface area contributed by atoms with Gasteiger partial charge in [-0.05, 0) is 46.6 Å². The van der Waals surface area contributed by atoms with Gasteiger partial charge in [-0.2, -0.15) is 0 Å². The van der Waals surface area contributed by atoms with Gasteiger partial charge in [-0.3, -0.25) is 4.79 Å². The highest BCUT2D eigenvalue weighted by Crippen LogP contribution is 2.25. The summed E-state index contributed by atoms with van der Waals surface area (Å²) in [5.74, 6) is -0.321. The summed E-state index contributed by atoms with van der Waals surface area (Å²) in [6, 6.07) is 12.4. The van der Waals surface area contributed by atoms with Crippen LogP contribution in [0, 0.1) is 6.92 Å². The molecule has 0 aliphatic carbocycles. The Bertz CT molecular complexity index is 847. The van der Waals surface area contributed by atoms with Crippen LogP contribution < -0.4 is 5.32 Å². The summed E-state index contributed by atoms with van der Waals surface area (Å²) in [5, 5.41) is 2.80. The zero-order valence-electron chi connectivity index (χ0n) is 13.7. The van der Waals surface area contributed by atoms with Crippen LogP contribution in [0.1, 0.15) is 21.5 Å². The molecule has 1 amide bonds. The van der Waals surface area contributed by atoms with Crippen molar-refractivity contribution in [1.82, 2.24) is 9.62 Å². The molecular formula is C17H19BrN2O3S. The van der Waals surface area contributed by atoms with E-state index < -0.39 is 10.0 Å². The SMILES string of the molecule is Cc1ccc(CNC(=O)c2ccc(Br)c(S(=O)(=O)N(C)C)c2)cc1. The van der Waals surface area contributed by atoms with Crippen molar-refractivity contribution in [3.8, 4) is 0 Å². The number of carbonyl (C=O) groups excluding carboxylic acids is 1. The lowest BCUT2D eigenvalue weighted by Gasteiger charge is -2.14. The van der Waals surface area contributed by atoms with Crippen molar-refractivity contribution in [2.75, 3.05) is 14.1 Å². The van der Waals surface area contributed by atoms with Gasteiger partial charge in [0.25, 0.3) is 5.91 Å². The zero-order valence-corrected chi connectivity index (χ0v) is 16.1. The summed E-state index contributed by atoms with van der Waals surface area (Å²) in [6.45, 7) is 2.38. The van der Waals surface area contributed by atoms with Crippen molar-refractivity contribution in [3.05, 3.63) is 63.6 Å². The number of rotatable bonds is 5. The van der Waals surface area contributed by atoms with E-state index in [4.69, 9.17) is 0 Å². The summed E-state index contributed by atoms with van der Waals surface area (Å²) in [5.41, 5.74) is 2.43. The highest BCUT2D eigenvalue weighted by molar-refractivity contribution is 9.10. The van der Waals surface area contributed by atoms with Crippen LogP contribution in [0.25, 0.3) is 0 Å². The van der Waals surface area contributed by atoms with Crippen molar-refractivity contribution in [1.29, 1.82) is 0 Å². The third-order valence-corrected chi connectivity index (χ3v) is 6.33. The predicted molar refractivity (Wildman–Crippen MR) is 97.4 cm³/mol. The fraction of sp³-hybridized carbons (Fsp3) is 0.235. The Morgan fingerprint density at radius 1 is 1.12 bits per heavy atom. The summed E-state index contributed by atoms with van der Waals surface area (Å²) in [6.07, 6.45) is 0. The number of hydrogen-bond donors (Lipinski definition) is 1. The third kappa shape index (κ3) is 4.23. The van der Waals surface area contributed by atoms with Crippen molar-refractivity contribution in [2.45, 2.75) is 18.4 Å². The number of hydrogen-bond acceptors (Lipinski definition) is 3. The van der Waals surface area contributed by atoms with E-state index in [1.54, 1.807) is 12.1 Å². The number of sulfonamides is 1. The lowest BCUT2D eigenvalue weighted by Crippen LogP contribution is -2.25. The van der Waals surface area contributed by atoms with Crippen LogP contribution in [0.2, 0.25) is 0 Å². The molecule has 2 aromatic carbocycles. The molecule has 0 saturated carbocycles. The normalized spacial score (nSPS) is 11.5. The average Bonchev–Trinajstić information content (AvgIpc) is 2.54. The summed E-state index contributed by atoms with van der Waals surface area (Å²) in [4.78, 5) is 12.4. The number of nitrogens with one attached hydrogen (secondary N) is 1. The van der Waals surface area contributed by atoms with E-state index in [0.717, 1.165) is 15.4 Å². The Balaban J connectivity index is 2.20. The summed E-state index contributed by atoms with van der Waals surface area (Å²) >= 11 is 3.23. The van der Waals surface area contributed by atoms with Gasteiger partial charge < -0.3 is 5.32 Å². The average molecular weight is 411 g/mol. The molecule has 1 N–H and O–H groups in total. The maximum absolute atomic E-state index is 12.3. The minimum atomic E-state index is -3.63. The molecule has 0 bridgehead atoms. The monoisotopic (exact) mass is 410 g/mol. The van der Waals surface area contributed by atoms with E-state index >= 15 is 0 Å². The number of nitrogens with zero attached hydrogens (tertiary/aromatic N) is 1. The van der Waals surface area contributed by atoms with Gasteiger partial charge in [0, 0.05) is 30.7 Å². The van der Waals surface area contributed by atoms with E-state index in [9.17, 15) is 13.2 Å². The highest BCUT2D eigenvalue weighted by Gasteiger charge is 2.22. The standard InChI is InChI=1S/C17H19BrN2O3S/c1-12-4-6-13(7-5-12)11-19-17(21)14-8-9-15(18)16(10-14)24(22,23)20(2)3/h4-10H,11H2,1-3H3,(H,19,21). The van der Waals surface area contributed by atoms with Gasteiger partial charge in [0.05, 0.1) is 4.90 Å². The van der Waals surface area contributed by atoms with Crippen molar-refractivity contribution in [2.24, 2.45) is 0 Å². The van der Waals surface area contributed by atoms with Gasteiger partial charge in [-0.1, -0.05) is 29.8 Å². The van der Waals surface area contributed by atoms with E-state index in [1.165, 1.54) is 20.2 Å². The highest BCUT2D eigenvalue weighted by atomic mass is 79.9. The number of benzene rings is 2. The van der Waals surface area contributed by atoms with Crippen molar-refractivity contribution >= 4 is 31.9 Å². The van der Waals surface area contributed by atoms with Crippen LogP contribution in [0.15, 0.2) is 51.8 Å². The molecular weight excluding hydrogens is 392 g/mol. The van der Waals surface area contributed by atoms with Crippen LogP contribution in [-0.4, -0.2) is 32.7 Å². The van der Waals surface area contributed by atoms with Crippen molar-refractivity contribution in [3.63, 3.8) is 0 Å². The molecule has 7 heteroatoms. The molecule has 0 aromatic heterocycles. The Morgan fingerprint density at radius 3 is 2.33 bits per heavy atom. The molecule has 0 heterocycles. The van der Waals surface area contributed by atoms with Crippen LogP contribution in [-0.2, 0) is 16.6 Å². The topological polar surface area (TPSA) is 66.5 Å². The maximum atomic E-state index is 12.3. The molecule has 128 valence electrons. The van der Waals surface area contributed by atoms with Crippen LogP contribution in [0.4, 0.5) is 0 Å². The van der Waals surface area contributed by atoms with Gasteiger partial charge >= 0.3 is 0 Å². The molecule has 0 unspecified atom stereocenters. The summed E-state index contributed by atoms with van der Waals surface area (Å²) in [7, 11) is -0.728. The molecule has 0 spiro atoms. The molecule has 0 atom stereocenters. The lowest BCUT2D eigenvalue weighted by molar-refractivity contribution is 0.0950. The van der Waals surface area contributed by atoms with E-state index in [-0.39, 0.29) is 10.8 Å². The first-order valence-electron chi connectivity index (χ1n) is 7.27. The molecule has 0 fully saturated rings. The fourth-order valence-electron chi connectivity index (χ4n) is 2.03. The molecule has 0 radical (unpaired) electrons. The Hall–Kier alpha value is -1.70. The Kier molecular flexibility index (Phi) is 5.79. The van der Waals surface area contributed by atoms with Gasteiger partial charge in [0.1, 0.15) is 0 Å². The Morgan fingerprint density at radius 2 is 1.75 bits per heavy atom. The molecule has 2 aromatic rings. The molecule has 5 nitrogen and oxygen atoms in total. The number of halogens is 1. The minimum Gasteiger partial charge on any atom is -0.348 e. The molecule has 0 saturated heterocycles. The van der Waals surface area contributed by atoms with E-state index in [1.807, 2.05) is 31.2 Å². The number of aryl methyl sites for hydroxylation is 1. The maximum Gasteiger partial charge on any atom is 0.251 e. The van der Waals surface area contributed by atoms with E-state index in [0.29, 0.717) is 16.6 Å². The van der Waals surface area contributed by atoms with Gasteiger partial charge in [0.15, 0.2) is 0 Å². The van der Waals surface area contributed by atoms with E-state index in [2.05, 4.69) is 21.2 Å². The predicted octanol–water partition coefficient (Wildman–Crippen LogP) is 2.94. The molecule has 2 rings (SSSR count). The molecule has 24 heavy (non-hydrogen) atoms. The second kappa shape index (κ2) is 7.46. The minimum absolute atomic E-state index is 0.0653. The molecule has 0 aliphatic rings. The largest absolute Gasteiger partial charge is 0.348 e. The van der Waals surface area contributed by atoms with Gasteiger partial charge in [-0.15, -0.1) is 0 Å². The van der Waals surface area contributed by atoms with Gasteiger partial charge in [-0.25, -0.2) is 12.7 Å². The number of carbonyl (C=O) groups is 1. The molecule has 0 aliphatic heterocycles.